The molecule has 1 saturated carbocycles. The number of hydrogen-bond donors (Lipinski definition) is 2. The fraction of sp³-hybridized carbons (Fsp3) is 0.714. The molecule has 1 aromatic rings. The van der Waals surface area contributed by atoms with Crippen LogP contribution in [0.1, 0.15) is 33.1 Å². The lowest BCUT2D eigenvalue weighted by Gasteiger charge is -2.11. The molecule has 0 aromatic carbocycles. The minimum atomic E-state index is 0.00898. The van der Waals surface area contributed by atoms with Gasteiger partial charge in [-0.15, -0.1) is 10.2 Å². The summed E-state index contributed by atoms with van der Waals surface area (Å²) < 4.78 is 1.52. The molecule has 1 fully saturated rings. The molecule has 0 aliphatic heterocycles. The van der Waals surface area contributed by atoms with E-state index in [9.17, 15) is 9.59 Å². The van der Waals surface area contributed by atoms with E-state index in [0.29, 0.717) is 24.0 Å². The summed E-state index contributed by atoms with van der Waals surface area (Å²) in [6.45, 7) is 4.78. The van der Waals surface area contributed by atoms with Gasteiger partial charge in [-0.25, -0.2) is 0 Å². The van der Waals surface area contributed by atoms with Gasteiger partial charge in [0.2, 0.25) is 11.8 Å². The van der Waals surface area contributed by atoms with Crippen molar-refractivity contribution in [3.63, 3.8) is 0 Å². The zero-order chi connectivity index (χ0) is 16.7. The fourth-order valence-electron chi connectivity index (χ4n) is 1.89. The summed E-state index contributed by atoms with van der Waals surface area (Å²) in [4.78, 5) is 23.4. The summed E-state index contributed by atoms with van der Waals surface area (Å²) in [5.74, 6) is 1.41. The molecule has 0 radical (unpaired) electrons. The molecular formula is C14H22N4O2S3. The molecule has 9 heteroatoms. The lowest BCUT2D eigenvalue weighted by atomic mass is 10.2. The molecule has 0 bridgehead atoms. The predicted octanol–water partition coefficient (Wildman–Crippen LogP) is 2.16. The number of aromatic nitrogens is 2. The van der Waals surface area contributed by atoms with Crippen LogP contribution in [0.15, 0.2) is 8.68 Å². The molecule has 2 amide bonds. The Morgan fingerprint density at radius 3 is 2.39 bits per heavy atom. The van der Waals surface area contributed by atoms with Gasteiger partial charge in [-0.05, 0) is 32.1 Å². The molecule has 2 N–H and O–H groups in total. The number of nitrogens with zero attached hydrogens (tertiary/aromatic N) is 2. The van der Waals surface area contributed by atoms with Crippen LogP contribution < -0.4 is 10.6 Å². The molecular weight excluding hydrogens is 352 g/mol. The van der Waals surface area contributed by atoms with E-state index in [0.717, 1.165) is 15.1 Å². The maximum Gasteiger partial charge on any atom is 0.230 e. The van der Waals surface area contributed by atoms with Gasteiger partial charge in [-0.3, -0.25) is 9.59 Å². The molecule has 6 nitrogen and oxygen atoms in total. The standard InChI is InChI=1S/C14H22N4O2S3/c1-3-6-15-11(19)7-21-13-17-18-14(23-13)22-8-12(20)16-9(2)10-4-5-10/h9-10H,3-8H2,1-2H3,(H,15,19)(H,16,20)/t9-/m0/s1. The van der Waals surface area contributed by atoms with Gasteiger partial charge in [0.25, 0.3) is 0 Å². The monoisotopic (exact) mass is 374 g/mol. The summed E-state index contributed by atoms with van der Waals surface area (Å²) in [6, 6.07) is 0.269. The van der Waals surface area contributed by atoms with Gasteiger partial charge in [0.05, 0.1) is 11.5 Å². The van der Waals surface area contributed by atoms with Gasteiger partial charge in [0.1, 0.15) is 0 Å². The van der Waals surface area contributed by atoms with E-state index < -0.39 is 0 Å². The predicted molar refractivity (Wildman–Crippen MR) is 95.0 cm³/mol. The summed E-state index contributed by atoms with van der Waals surface area (Å²) in [6.07, 6.45) is 3.37. The molecule has 0 unspecified atom stereocenters. The fourth-order valence-corrected chi connectivity index (χ4v) is 4.55. The van der Waals surface area contributed by atoms with Crippen molar-refractivity contribution >= 4 is 46.7 Å². The van der Waals surface area contributed by atoms with Crippen molar-refractivity contribution in [2.24, 2.45) is 5.92 Å². The highest BCUT2D eigenvalue weighted by Crippen LogP contribution is 2.32. The van der Waals surface area contributed by atoms with E-state index in [1.54, 1.807) is 0 Å². The molecule has 1 heterocycles. The Hall–Kier alpha value is -0.800. The van der Waals surface area contributed by atoms with Crippen LogP contribution in [-0.4, -0.2) is 46.1 Å². The van der Waals surface area contributed by atoms with Crippen molar-refractivity contribution in [3.8, 4) is 0 Å². The summed E-state index contributed by atoms with van der Waals surface area (Å²) >= 11 is 4.19. The first-order valence-electron chi connectivity index (χ1n) is 7.73. The second kappa shape index (κ2) is 9.48. The van der Waals surface area contributed by atoms with Gasteiger partial charge in [0.15, 0.2) is 8.68 Å². The Balaban J connectivity index is 1.65. The Morgan fingerprint density at radius 2 is 1.83 bits per heavy atom. The molecule has 1 aliphatic rings. The SMILES string of the molecule is CCCNC(=O)CSc1nnc(SCC(=O)N[C@@H](C)C2CC2)s1. The van der Waals surface area contributed by atoms with E-state index in [1.165, 1.54) is 47.7 Å². The third-order valence-electron chi connectivity index (χ3n) is 3.33. The normalized spacial score (nSPS) is 15.2. The minimum absolute atomic E-state index is 0.00898. The highest BCUT2D eigenvalue weighted by Gasteiger charge is 2.28. The first-order valence-corrected chi connectivity index (χ1v) is 10.5. The van der Waals surface area contributed by atoms with E-state index in [4.69, 9.17) is 0 Å². The van der Waals surface area contributed by atoms with Crippen molar-refractivity contribution in [1.82, 2.24) is 20.8 Å². The van der Waals surface area contributed by atoms with Crippen LogP contribution in [0, 0.1) is 5.92 Å². The van der Waals surface area contributed by atoms with E-state index in [-0.39, 0.29) is 17.9 Å². The van der Waals surface area contributed by atoms with Crippen molar-refractivity contribution in [3.05, 3.63) is 0 Å². The molecule has 0 spiro atoms. The quantitative estimate of drug-likeness (QED) is 0.611. The minimum Gasteiger partial charge on any atom is -0.355 e. The van der Waals surface area contributed by atoms with Crippen LogP contribution in [0.3, 0.4) is 0 Å². The maximum atomic E-state index is 11.8. The first kappa shape index (κ1) is 18.5. The van der Waals surface area contributed by atoms with Crippen molar-refractivity contribution < 1.29 is 9.59 Å². The number of carbonyl (C=O) groups is 2. The Morgan fingerprint density at radius 1 is 1.22 bits per heavy atom. The lowest BCUT2D eigenvalue weighted by molar-refractivity contribution is -0.119. The highest BCUT2D eigenvalue weighted by atomic mass is 32.2. The number of carbonyl (C=O) groups excluding carboxylic acids is 2. The molecule has 128 valence electrons. The van der Waals surface area contributed by atoms with E-state index in [2.05, 4.69) is 27.8 Å². The van der Waals surface area contributed by atoms with Crippen LogP contribution >= 0.6 is 34.9 Å². The van der Waals surface area contributed by atoms with Crippen molar-refractivity contribution in [2.45, 2.75) is 47.8 Å². The average Bonchev–Trinajstić information content (AvgIpc) is 3.29. The third kappa shape index (κ3) is 7.09. The molecule has 1 aliphatic carbocycles. The molecule has 0 saturated heterocycles. The maximum absolute atomic E-state index is 11.8. The van der Waals surface area contributed by atoms with Crippen LogP contribution in [-0.2, 0) is 9.59 Å². The van der Waals surface area contributed by atoms with Crippen LogP contribution in [0.25, 0.3) is 0 Å². The van der Waals surface area contributed by atoms with Gasteiger partial charge in [-0.1, -0.05) is 41.8 Å². The molecule has 23 heavy (non-hydrogen) atoms. The Kier molecular flexibility index (Phi) is 7.64. The number of hydrogen-bond acceptors (Lipinski definition) is 7. The number of amides is 2. The molecule has 1 atom stereocenters. The number of rotatable bonds is 10. The second-order valence-corrected chi connectivity index (χ2v) is 8.88. The first-order chi connectivity index (χ1) is 11.1. The Labute approximate surface area is 149 Å². The van der Waals surface area contributed by atoms with Crippen LogP contribution in [0.4, 0.5) is 0 Å². The van der Waals surface area contributed by atoms with E-state index in [1.807, 2.05) is 6.92 Å². The second-order valence-electron chi connectivity index (χ2n) is 5.45. The van der Waals surface area contributed by atoms with Crippen molar-refractivity contribution in [2.75, 3.05) is 18.1 Å². The largest absolute Gasteiger partial charge is 0.355 e. The molecule has 2 rings (SSSR count). The highest BCUT2D eigenvalue weighted by molar-refractivity contribution is 8.03. The van der Waals surface area contributed by atoms with E-state index >= 15 is 0 Å². The summed E-state index contributed by atoms with van der Waals surface area (Å²) in [7, 11) is 0. The third-order valence-corrected chi connectivity index (χ3v) is 6.52. The smallest absolute Gasteiger partial charge is 0.230 e. The number of thioether (sulfide) groups is 2. The zero-order valence-electron chi connectivity index (χ0n) is 13.3. The Bertz CT molecular complexity index is 534. The summed E-state index contributed by atoms with van der Waals surface area (Å²) in [5.41, 5.74) is 0. The molecule has 1 aromatic heterocycles. The topological polar surface area (TPSA) is 84.0 Å². The van der Waals surface area contributed by atoms with Crippen molar-refractivity contribution in [1.29, 1.82) is 0 Å². The summed E-state index contributed by atoms with van der Waals surface area (Å²) in [5, 5.41) is 13.9. The van der Waals surface area contributed by atoms with Gasteiger partial charge in [0, 0.05) is 12.6 Å². The zero-order valence-corrected chi connectivity index (χ0v) is 15.8. The van der Waals surface area contributed by atoms with Gasteiger partial charge in [-0.2, -0.15) is 0 Å². The lowest BCUT2D eigenvalue weighted by Crippen LogP contribution is -2.35. The van der Waals surface area contributed by atoms with Crippen LogP contribution in [0.2, 0.25) is 0 Å². The van der Waals surface area contributed by atoms with Gasteiger partial charge >= 0.3 is 0 Å². The van der Waals surface area contributed by atoms with Crippen LogP contribution in [0.5, 0.6) is 0 Å². The average molecular weight is 375 g/mol. The van der Waals surface area contributed by atoms with Gasteiger partial charge < -0.3 is 10.6 Å². The number of nitrogens with one attached hydrogen (secondary N) is 2.